The van der Waals surface area contributed by atoms with Crippen LogP contribution in [0.3, 0.4) is 0 Å². The summed E-state index contributed by atoms with van der Waals surface area (Å²) in [5.41, 5.74) is 0.677. The van der Waals surface area contributed by atoms with Crippen LogP contribution in [0.25, 0.3) is 0 Å². The molecule has 0 radical (unpaired) electrons. The van der Waals surface area contributed by atoms with Gasteiger partial charge < -0.3 is 15.3 Å². The van der Waals surface area contributed by atoms with Crippen LogP contribution in [0.4, 0.5) is 9.18 Å². The number of urea groups is 1. The van der Waals surface area contributed by atoms with E-state index in [0.717, 1.165) is 0 Å². The van der Waals surface area contributed by atoms with Crippen molar-refractivity contribution < 1.29 is 14.3 Å². The van der Waals surface area contributed by atoms with E-state index in [1.165, 1.54) is 11.0 Å². The molecule has 0 heterocycles. The highest BCUT2D eigenvalue weighted by molar-refractivity contribution is 9.10. The summed E-state index contributed by atoms with van der Waals surface area (Å²) in [5.74, 6) is -0.361. The van der Waals surface area contributed by atoms with Gasteiger partial charge in [-0.25, -0.2) is 9.18 Å². The van der Waals surface area contributed by atoms with Crippen molar-refractivity contribution >= 4 is 22.0 Å². The lowest BCUT2D eigenvalue weighted by Gasteiger charge is -2.16. The van der Waals surface area contributed by atoms with Gasteiger partial charge in [0.2, 0.25) is 0 Å². The van der Waals surface area contributed by atoms with Crippen LogP contribution in [0.1, 0.15) is 5.56 Å². The van der Waals surface area contributed by atoms with Gasteiger partial charge in [0.15, 0.2) is 0 Å². The van der Waals surface area contributed by atoms with E-state index in [4.69, 9.17) is 5.11 Å². The van der Waals surface area contributed by atoms with Crippen molar-refractivity contribution in [3.8, 4) is 0 Å². The van der Waals surface area contributed by atoms with Gasteiger partial charge in [0.1, 0.15) is 5.82 Å². The number of amides is 2. The number of carbonyl (C=O) groups excluding carboxylic acids is 1. The molecule has 2 amide bonds. The van der Waals surface area contributed by atoms with Gasteiger partial charge in [0, 0.05) is 20.1 Å². The van der Waals surface area contributed by atoms with Crippen LogP contribution in [0, 0.1) is 5.82 Å². The topological polar surface area (TPSA) is 52.6 Å². The molecule has 94 valence electrons. The molecule has 1 aromatic carbocycles. The second-order valence-electron chi connectivity index (χ2n) is 3.55. The lowest BCUT2D eigenvalue weighted by Crippen LogP contribution is -2.38. The number of aliphatic hydroxyl groups excluding tert-OH is 1. The molecule has 0 saturated carbocycles. The summed E-state index contributed by atoms with van der Waals surface area (Å²) < 4.78 is 13.6. The molecular weight excluding hydrogens is 291 g/mol. The summed E-state index contributed by atoms with van der Waals surface area (Å²) in [4.78, 5) is 12.8. The lowest BCUT2D eigenvalue weighted by atomic mass is 10.2. The summed E-state index contributed by atoms with van der Waals surface area (Å²) in [5, 5.41) is 11.3. The van der Waals surface area contributed by atoms with E-state index < -0.39 is 0 Å². The minimum Gasteiger partial charge on any atom is -0.395 e. The summed E-state index contributed by atoms with van der Waals surface area (Å²) >= 11 is 3.05. The number of hydrogen-bond donors (Lipinski definition) is 2. The summed E-state index contributed by atoms with van der Waals surface area (Å²) in [6.07, 6.45) is 0. The van der Waals surface area contributed by atoms with E-state index in [9.17, 15) is 9.18 Å². The van der Waals surface area contributed by atoms with Crippen LogP contribution in [0.2, 0.25) is 0 Å². The fourth-order valence-corrected chi connectivity index (χ4v) is 1.46. The number of hydrogen-bond acceptors (Lipinski definition) is 2. The molecule has 0 aliphatic heterocycles. The first-order valence-electron chi connectivity index (χ1n) is 5.08. The molecule has 0 fully saturated rings. The van der Waals surface area contributed by atoms with E-state index in [-0.39, 0.29) is 31.5 Å². The first-order valence-corrected chi connectivity index (χ1v) is 5.87. The maximum Gasteiger partial charge on any atom is 0.317 e. The zero-order chi connectivity index (χ0) is 12.8. The minimum absolute atomic E-state index is 0.0865. The van der Waals surface area contributed by atoms with Gasteiger partial charge in [-0.1, -0.05) is 6.07 Å². The fraction of sp³-hybridized carbons (Fsp3) is 0.364. The molecule has 0 saturated heterocycles. The molecule has 17 heavy (non-hydrogen) atoms. The summed E-state index contributed by atoms with van der Waals surface area (Å²) in [6.45, 7) is 0.427. The zero-order valence-corrected chi connectivity index (χ0v) is 11.0. The van der Waals surface area contributed by atoms with Gasteiger partial charge in [-0.05, 0) is 33.6 Å². The van der Waals surface area contributed by atoms with Crippen molar-refractivity contribution in [1.29, 1.82) is 0 Å². The molecule has 1 rings (SSSR count). The number of halogens is 2. The molecule has 0 unspecified atom stereocenters. The third-order valence-electron chi connectivity index (χ3n) is 2.21. The largest absolute Gasteiger partial charge is 0.395 e. The van der Waals surface area contributed by atoms with E-state index in [2.05, 4.69) is 21.2 Å². The number of likely N-dealkylation sites (N-methyl/N-ethyl adjacent to an activating group) is 1. The molecule has 1 aromatic rings. The molecule has 0 bridgehead atoms. The Balaban J connectivity index is 2.50. The molecule has 6 heteroatoms. The van der Waals surface area contributed by atoms with Gasteiger partial charge in [0.25, 0.3) is 0 Å². The average molecular weight is 305 g/mol. The molecule has 0 aliphatic carbocycles. The number of nitrogens with zero attached hydrogens (tertiary/aromatic N) is 1. The van der Waals surface area contributed by atoms with Gasteiger partial charge >= 0.3 is 6.03 Å². The van der Waals surface area contributed by atoms with Gasteiger partial charge in [0.05, 0.1) is 11.1 Å². The van der Waals surface area contributed by atoms with Crippen LogP contribution in [-0.2, 0) is 6.54 Å². The Kier molecular flexibility index (Phi) is 5.37. The molecule has 0 atom stereocenters. The van der Waals surface area contributed by atoms with Crippen LogP contribution >= 0.6 is 15.9 Å². The SMILES string of the molecule is CN(CCO)C(=O)NCc1ccc(Br)c(F)c1. The Labute approximate surface area is 108 Å². The standard InChI is InChI=1S/C11H14BrFN2O2/c1-15(4-5-16)11(17)14-7-8-2-3-9(12)10(13)6-8/h2-3,6,16H,4-5,7H2,1H3,(H,14,17). The number of carbonyl (C=O) groups is 1. The molecule has 0 aliphatic rings. The predicted octanol–water partition coefficient (Wildman–Crippen LogP) is 1.72. The van der Waals surface area contributed by atoms with Crippen molar-refractivity contribution in [2.75, 3.05) is 20.2 Å². The van der Waals surface area contributed by atoms with Crippen molar-refractivity contribution in [3.05, 3.63) is 34.1 Å². The molecule has 4 nitrogen and oxygen atoms in total. The minimum atomic E-state index is -0.361. The third kappa shape index (κ3) is 4.32. The molecule has 0 spiro atoms. The van der Waals surface area contributed by atoms with Crippen molar-refractivity contribution in [1.82, 2.24) is 10.2 Å². The van der Waals surface area contributed by atoms with Crippen LogP contribution in [-0.4, -0.2) is 36.2 Å². The molecule has 2 N–H and O–H groups in total. The van der Waals surface area contributed by atoms with Crippen LogP contribution < -0.4 is 5.32 Å². The second-order valence-corrected chi connectivity index (χ2v) is 4.41. The smallest absolute Gasteiger partial charge is 0.317 e. The van der Waals surface area contributed by atoms with Crippen molar-refractivity contribution in [2.45, 2.75) is 6.54 Å². The number of rotatable bonds is 4. The Morgan fingerprint density at radius 1 is 1.59 bits per heavy atom. The number of aliphatic hydroxyl groups is 1. The maximum absolute atomic E-state index is 13.2. The third-order valence-corrected chi connectivity index (χ3v) is 2.85. The zero-order valence-electron chi connectivity index (χ0n) is 9.41. The summed E-state index contributed by atoms with van der Waals surface area (Å²) in [7, 11) is 1.58. The van der Waals surface area contributed by atoms with Gasteiger partial charge in [-0.3, -0.25) is 0 Å². The predicted molar refractivity (Wildman–Crippen MR) is 66.1 cm³/mol. The highest BCUT2D eigenvalue weighted by Gasteiger charge is 2.07. The fourth-order valence-electron chi connectivity index (χ4n) is 1.21. The van der Waals surface area contributed by atoms with E-state index in [1.54, 1.807) is 19.2 Å². The Hall–Kier alpha value is -1.14. The number of nitrogens with one attached hydrogen (secondary N) is 1. The average Bonchev–Trinajstić information content (AvgIpc) is 2.30. The van der Waals surface area contributed by atoms with Crippen LogP contribution in [0.5, 0.6) is 0 Å². The van der Waals surface area contributed by atoms with Crippen molar-refractivity contribution in [2.24, 2.45) is 0 Å². The highest BCUT2D eigenvalue weighted by Crippen LogP contribution is 2.16. The first-order chi connectivity index (χ1) is 8.04. The molecule has 0 aromatic heterocycles. The second kappa shape index (κ2) is 6.56. The first kappa shape index (κ1) is 13.9. The Morgan fingerprint density at radius 2 is 2.29 bits per heavy atom. The van der Waals surface area contributed by atoms with Crippen LogP contribution in [0.15, 0.2) is 22.7 Å². The monoisotopic (exact) mass is 304 g/mol. The highest BCUT2D eigenvalue weighted by atomic mass is 79.9. The van der Waals surface area contributed by atoms with Gasteiger partial charge in [-0.2, -0.15) is 0 Å². The van der Waals surface area contributed by atoms with E-state index in [0.29, 0.717) is 10.0 Å². The van der Waals surface area contributed by atoms with E-state index in [1.807, 2.05) is 0 Å². The normalized spacial score (nSPS) is 10.1. The Morgan fingerprint density at radius 3 is 2.88 bits per heavy atom. The summed E-state index contributed by atoms with van der Waals surface area (Å²) in [6, 6.07) is 4.37. The van der Waals surface area contributed by atoms with Gasteiger partial charge in [-0.15, -0.1) is 0 Å². The lowest BCUT2D eigenvalue weighted by molar-refractivity contribution is 0.190. The Bertz CT molecular complexity index is 401. The van der Waals surface area contributed by atoms with Crippen molar-refractivity contribution in [3.63, 3.8) is 0 Å². The molecular formula is C11H14BrFN2O2. The van der Waals surface area contributed by atoms with E-state index >= 15 is 0 Å². The maximum atomic E-state index is 13.2. The number of benzene rings is 1. The quantitative estimate of drug-likeness (QED) is 0.890.